The minimum Gasteiger partial charge on any atom is -0.508 e. The number of fused-ring (bicyclic) bond motifs is 1. The molecule has 0 aliphatic heterocycles. The fourth-order valence-electron chi connectivity index (χ4n) is 1.32. The van der Waals surface area contributed by atoms with Crippen molar-refractivity contribution in [2.24, 2.45) is 0 Å². The number of hydrogen-bond acceptors (Lipinski definition) is 3. The first-order valence-electron chi connectivity index (χ1n) is 3.89. The Morgan fingerprint density at radius 1 is 1.43 bits per heavy atom. The molecule has 0 aliphatic rings. The number of nitrogens with zero attached hydrogens (tertiary/aromatic N) is 2. The Labute approximate surface area is 88.8 Å². The summed E-state index contributed by atoms with van der Waals surface area (Å²) in [6.07, 6.45) is 1.55. The number of phenols is 1. The summed E-state index contributed by atoms with van der Waals surface area (Å²) in [5.74, 6) is 0.131. The van der Waals surface area contributed by atoms with Crippen LogP contribution in [0, 0.1) is 11.3 Å². The van der Waals surface area contributed by atoms with Crippen LogP contribution in [-0.2, 0) is 0 Å². The van der Waals surface area contributed by atoms with Crippen molar-refractivity contribution in [2.75, 3.05) is 0 Å². The number of phenolic OH excluding ortho intramolecular Hbond substituents is 1. The van der Waals surface area contributed by atoms with E-state index in [2.05, 4.69) is 27.0 Å². The van der Waals surface area contributed by atoms with E-state index in [1.165, 1.54) is 6.07 Å². The fourth-order valence-corrected chi connectivity index (χ4v) is 1.97. The van der Waals surface area contributed by atoms with E-state index >= 15 is 0 Å². The Balaban J connectivity index is 2.96. The van der Waals surface area contributed by atoms with Crippen LogP contribution in [0.1, 0.15) is 5.56 Å². The lowest BCUT2D eigenvalue weighted by Gasteiger charge is -2.02. The van der Waals surface area contributed by atoms with E-state index < -0.39 is 0 Å². The third kappa shape index (κ3) is 1.32. The molecule has 0 atom stereocenters. The van der Waals surface area contributed by atoms with Crippen LogP contribution in [0.2, 0.25) is 0 Å². The van der Waals surface area contributed by atoms with Gasteiger partial charge < -0.3 is 5.11 Å². The summed E-state index contributed by atoms with van der Waals surface area (Å²) in [7, 11) is 0. The smallest absolute Gasteiger partial charge is 0.118 e. The molecular formula is C10H5BrN2O. The first-order valence-corrected chi connectivity index (χ1v) is 4.69. The summed E-state index contributed by atoms with van der Waals surface area (Å²) in [4.78, 5) is 4.07. The average molecular weight is 249 g/mol. The van der Waals surface area contributed by atoms with Crippen molar-refractivity contribution in [1.29, 1.82) is 5.26 Å². The Hall–Kier alpha value is -1.60. The summed E-state index contributed by atoms with van der Waals surface area (Å²) in [6, 6.07) is 6.80. The predicted molar refractivity (Wildman–Crippen MR) is 55.8 cm³/mol. The molecule has 0 radical (unpaired) electrons. The molecule has 68 valence electrons. The van der Waals surface area contributed by atoms with Gasteiger partial charge >= 0.3 is 0 Å². The van der Waals surface area contributed by atoms with Crippen molar-refractivity contribution in [3.63, 3.8) is 0 Å². The van der Waals surface area contributed by atoms with Crippen LogP contribution in [0.15, 0.2) is 28.9 Å². The second-order valence-electron chi connectivity index (χ2n) is 2.79. The first kappa shape index (κ1) is 8.97. The zero-order valence-corrected chi connectivity index (χ0v) is 8.62. The molecule has 1 aromatic carbocycles. The first-order chi connectivity index (χ1) is 6.72. The van der Waals surface area contributed by atoms with Crippen LogP contribution in [0.5, 0.6) is 5.75 Å². The monoisotopic (exact) mass is 248 g/mol. The maximum absolute atomic E-state index is 9.32. The molecule has 0 saturated carbocycles. The lowest BCUT2D eigenvalue weighted by atomic mass is 10.1. The van der Waals surface area contributed by atoms with Crippen LogP contribution >= 0.6 is 15.9 Å². The fraction of sp³-hybridized carbons (Fsp3) is 0. The summed E-state index contributed by atoms with van der Waals surface area (Å²) in [5.41, 5.74) is 1.15. The molecule has 0 aliphatic carbocycles. The normalized spacial score (nSPS) is 10.0. The van der Waals surface area contributed by atoms with Crippen LogP contribution in [-0.4, -0.2) is 10.1 Å². The summed E-state index contributed by atoms with van der Waals surface area (Å²) < 4.78 is 0.678. The van der Waals surface area contributed by atoms with Crippen molar-refractivity contribution >= 4 is 26.8 Å². The molecule has 0 amide bonds. The molecule has 1 heterocycles. The molecule has 3 nitrogen and oxygen atoms in total. The topological polar surface area (TPSA) is 56.9 Å². The molecular weight excluding hydrogens is 244 g/mol. The molecule has 2 rings (SSSR count). The van der Waals surface area contributed by atoms with Crippen molar-refractivity contribution in [3.05, 3.63) is 34.4 Å². The molecule has 0 bridgehead atoms. The van der Waals surface area contributed by atoms with Gasteiger partial charge in [0.15, 0.2) is 0 Å². The Morgan fingerprint density at radius 2 is 2.21 bits per heavy atom. The number of aromatic nitrogens is 1. The van der Waals surface area contributed by atoms with E-state index in [1.54, 1.807) is 18.3 Å². The van der Waals surface area contributed by atoms with Gasteiger partial charge in [0.2, 0.25) is 0 Å². The van der Waals surface area contributed by atoms with Gasteiger partial charge in [0, 0.05) is 22.1 Å². The quantitative estimate of drug-likeness (QED) is 0.780. The number of halogens is 1. The molecule has 1 N–H and O–H groups in total. The largest absolute Gasteiger partial charge is 0.508 e. The van der Waals surface area contributed by atoms with E-state index in [0.29, 0.717) is 15.6 Å². The zero-order chi connectivity index (χ0) is 10.1. The van der Waals surface area contributed by atoms with Gasteiger partial charge in [-0.2, -0.15) is 5.26 Å². The van der Waals surface area contributed by atoms with Crippen molar-refractivity contribution < 1.29 is 5.11 Å². The van der Waals surface area contributed by atoms with Crippen molar-refractivity contribution in [1.82, 2.24) is 4.98 Å². The molecule has 1 aromatic heterocycles. The molecule has 0 saturated heterocycles. The molecule has 2 aromatic rings. The predicted octanol–water partition coefficient (Wildman–Crippen LogP) is 2.57. The third-order valence-electron chi connectivity index (χ3n) is 1.90. The molecule has 0 fully saturated rings. The minimum atomic E-state index is 0.131. The Bertz CT molecular complexity index is 546. The van der Waals surface area contributed by atoms with Gasteiger partial charge in [-0.25, -0.2) is 0 Å². The summed E-state index contributed by atoms with van der Waals surface area (Å²) in [5, 5.41) is 18.9. The second kappa shape index (κ2) is 3.28. The standard InChI is InChI=1S/C10H5BrN2O/c11-8-3-7(14)4-9-10(8)6(5-12)1-2-13-9/h1-4,14H. The van der Waals surface area contributed by atoms with Gasteiger partial charge in [0.05, 0.1) is 17.1 Å². The maximum atomic E-state index is 9.32. The third-order valence-corrected chi connectivity index (χ3v) is 2.52. The van der Waals surface area contributed by atoms with E-state index in [4.69, 9.17) is 5.26 Å². The van der Waals surface area contributed by atoms with Gasteiger partial charge in [-0.1, -0.05) is 0 Å². The van der Waals surface area contributed by atoms with E-state index in [0.717, 1.165) is 5.39 Å². The SMILES string of the molecule is N#Cc1ccnc2cc(O)cc(Br)c12. The van der Waals surface area contributed by atoms with Gasteiger partial charge in [0.25, 0.3) is 0 Å². The lowest BCUT2D eigenvalue weighted by molar-refractivity contribution is 0.475. The lowest BCUT2D eigenvalue weighted by Crippen LogP contribution is -1.84. The minimum absolute atomic E-state index is 0.131. The average Bonchev–Trinajstić information content (AvgIpc) is 2.16. The molecule has 0 unspecified atom stereocenters. The van der Waals surface area contributed by atoms with E-state index in [9.17, 15) is 5.11 Å². The highest BCUT2D eigenvalue weighted by Gasteiger charge is 2.06. The number of pyridine rings is 1. The number of aromatic hydroxyl groups is 1. The molecule has 0 spiro atoms. The van der Waals surface area contributed by atoms with Gasteiger partial charge in [-0.3, -0.25) is 4.98 Å². The van der Waals surface area contributed by atoms with Crippen LogP contribution in [0.25, 0.3) is 10.9 Å². The second-order valence-corrected chi connectivity index (χ2v) is 3.65. The zero-order valence-electron chi connectivity index (χ0n) is 7.03. The highest BCUT2D eigenvalue weighted by molar-refractivity contribution is 9.10. The maximum Gasteiger partial charge on any atom is 0.118 e. The van der Waals surface area contributed by atoms with Crippen molar-refractivity contribution in [3.8, 4) is 11.8 Å². The van der Waals surface area contributed by atoms with Crippen LogP contribution in [0.4, 0.5) is 0 Å². The number of hydrogen-bond donors (Lipinski definition) is 1. The Kier molecular flexibility index (Phi) is 2.10. The van der Waals surface area contributed by atoms with Crippen molar-refractivity contribution in [2.45, 2.75) is 0 Å². The Morgan fingerprint density at radius 3 is 2.93 bits per heavy atom. The number of benzene rings is 1. The molecule has 4 heteroatoms. The van der Waals surface area contributed by atoms with Gasteiger partial charge in [0.1, 0.15) is 5.75 Å². The van der Waals surface area contributed by atoms with E-state index in [1.807, 2.05) is 0 Å². The highest BCUT2D eigenvalue weighted by atomic mass is 79.9. The van der Waals surface area contributed by atoms with Gasteiger partial charge in [-0.05, 0) is 28.1 Å². The number of nitriles is 1. The van der Waals surface area contributed by atoms with Crippen LogP contribution < -0.4 is 0 Å². The highest BCUT2D eigenvalue weighted by Crippen LogP contribution is 2.29. The van der Waals surface area contributed by atoms with Crippen LogP contribution in [0.3, 0.4) is 0 Å². The van der Waals surface area contributed by atoms with Gasteiger partial charge in [-0.15, -0.1) is 0 Å². The number of rotatable bonds is 0. The van der Waals surface area contributed by atoms with E-state index in [-0.39, 0.29) is 5.75 Å². The summed E-state index contributed by atoms with van der Waals surface area (Å²) in [6.45, 7) is 0. The summed E-state index contributed by atoms with van der Waals surface area (Å²) >= 11 is 3.29. The molecule has 14 heavy (non-hydrogen) atoms.